The number of carbonyl (C=O) groups excluding carboxylic acids is 2. The second-order valence-corrected chi connectivity index (χ2v) is 6.69. The Hall–Kier alpha value is -2.09. The van der Waals surface area contributed by atoms with Crippen molar-refractivity contribution in [3.63, 3.8) is 0 Å². The number of hydrogen-bond acceptors (Lipinski definition) is 3. The molecule has 1 unspecified atom stereocenters. The molecular weight excluding hydrogens is 359 g/mol. The first-order valence-electron chi connectivity index (χ1n) is 9.18. The van der Waals surface area contributed by atoms with Crippen LogP contribution in [0.25, 0.3) is 0 Å². The van der Waals surface area contributed by atoms with Gasteiger partial charge in [-0.1, -0.05) is 26.0 Å². The summed E-state index contributed by atoms with van der Waals surface area (Å²) in [5, 5.41) is 2.85. The normalized spacial score (nSPS) is 17.6. The molecule has 1 atom stereocenters. The highest BCUT2D eigenvalue weighted by molar-refractivity contribution is 5.89. The number of amides is 2. The van der Waals surface area contributed by atoms with Gasteiger partial charge in [0.05, 0.1) is 11.5 Å². The van der Waals surface area contributed by atoms with E-state index < -0.39 is 17.7 Å². The predicted octanol–water partition coefficient (Wildman–Crippen LogP) is 2.51. The van der Waals surface area contributed by atoms with Gasteiger partial charge in [-0.25, -0.2) is 0 Å². The van der Waals surface area contributed by atoms with Crippen LogP contribution in [0.1, 0.15) is 31.4 Å². The van der Waals surface area contributed by atoms with Gasteiger partial charge in [-0.2, -0.15) is 13.2 Å². The SMILES string of the molecule is CCN(CC)CCNC(=O)C1CC(=O)N(Cc2cccc(C(F)(F)F)c2)C1. The van der Waals surface area contributed by atoms with E-state index in [0.29, 0.717) is 12.1 Å². The molecule has 1 aromatic carbocycles. The standard InChI is InChI=1S/C19H26F3N3O2/c1-3-24(4-2)9-8-23-18(27)15-11-17(26)25(13-15)12-14-6-5-7-16(10-14)19(20,21)22/h5-7,10,15H,3-4,8-9,11-13H2,1-2H3,(H,23,27). The third-order valence-electron chi connectivity index (χ3n) is 4.83. The molecule has 150 valence electrons. The third-order valence-corrected chi connectivity index (χ3v) is 4.83. The number of likely N-dealkylation sites (N-methyl/N-ethyl adjacent to an activating group) is 1. The van der Waals surface area contributed by atoms with Crippen molar-refractivity contribution in [2.45, 2.75) is 33.0 Å². The van der Waals surface area contributed by atoms with Crippen LogP contribution in [0.15, 0.2) is 24.3 Å². The maximum Gasteiger partial charge on any atom is 0.416 e. The number of likely N-dealkylation sites (tertiary alicyclic amines) is 1. The molecule has 2 rings (SSSR count). The largest absolute Gasteiger partial charge is 0.416 e. The van der Waals surface area contributed by atoms with Gasteiger partial charge < -0.3 is 15.1 Å². The van der Waals surface area contributed by atoms with Crippen LogP contribution in [-0.4, -0.2) is 54.3 Å². The van der Waals surface area contributed by atoms with Crippen molar-refractivity contribution in [1.29, 1.82) is 0 Å². The lowest BCUT2D eigenvalue weighted by Crippen LogP contribution is -2.38. The molecule has 1 aliphatic heterocycles. The van der Waals surface area contributed by atoms with Crippen LogP contribution in [0.2, 0.25) is 0 Å². The average Bonchev–Trinajstić information content (AvgIpc) is 2.99. The van der Waals surface area contributed by atoms with E-state index in [-0.39, 0.29) is 31.3 Å². The van der Waals surface area contributed by atoms with Gasteiger partial charge in [-0.3, -0.25) is 9.59 Å². The first-order chi connectivity index (χ1) is 12.7. The van der Waals surface area contributed by atoms with E-state index in [9.17, 15) is 22.8 Å². The summed E-state index contributed by atoms with van der Waals surface area (Å²) in [5.41, 5.74) is -0.335. The Morgan fingerprint density at radius 3 is 2.63 bits per heavy atom. The Balaban J connectivity index is 1.89. The lowest BCUT2D eigenvalue weighted by atomic mass is 10.1. The zero-order valence-corrected chi connectivity index (χ0v) is 15.7. The molecule has 0 spiro atoms. The third kappa shape index (κ3) is 5.95. The molecule has 1 aromatic rings. The van der Waals surface area contributed by atoms with Crippen molar-refractivity contribution in [3.8, 4) is 0 Å². The lowest BCUT2D eigenvalue weighted by molar-refractivity contribution is -0.137. The van der Waals surface area contributed by atoms with E-state index in [2.05, 4.69) is 10.2 Å². The summed E-state index contributed by atoms with van der Waals surface area (Å²) < 4.78 is 38.4. The monoisotopic (exact) mass is 385 g/mol. The number of benzene rings is 1. The predicted molar refractivity (Wildman–Crippen MR) is 95.8 cm³/mol. The molecule has 0 aliphatic carbocycles. The molecule has 1 N–H and O–H groups in total. The molecule has 0 aromatic heterocycles. The Morgan fingerprint density at radius 1 is 1.30 bits per heavy atom. The minimum absolute atomic E-state index is 0.0754. The van der Waals surface area contributed by atoms with Crippen LogP contribution in [-0.2, 0) is 22.3 Å². The zero-order valence-electron chi connectivity index (χ0n) is 15.7. The maximum absolute atomic E-state index is 12.8. The quantitative estimate of drug-likeness (QED) is 0.748. The molecule has 5 nitrogen and oxygen atoms in total. The number of rotatable bonds is 8. The first kappa shape index (κ1) is 21.2. The number of hydrogen-bond donors (Lipinski definition) is 1. The number of halogens is 3. The van der Waals surface area contributed by atoms with E-state index in [1.54, 1.807) is 6.07 Å². The first-order valence-corrected chi connectivity index (χ1v) is 9.18. The lowest BCUT2D eigenvalue weighted by Gasteiger charge is -2.19. The molecular formula is C19H26F3N3O2. The van der Waals surface area contributed by atoms with Crippen LogP contribution in [0.3, 0.4) is 0 Å². The summed E-state index contributed by atoms with van der Waals surface area (Å²) in [6.45, 7) is 7.46. The van der Waals surface area contributed by atoms with Gasteiger partial charge >= 0.3 is 6.18 Å². The van der Waals surface area contributed by atoms with E-state index in [4.69, 9.17) is 0 Å². The van der Waals surface area contributed by atoms with Crippen molar-refractivity contribution in [2.24, 2.45) is 5.92 Å². The Morgan fingerprint density at radius 2 is 2.00 bits per heavy atom. The number of nitrogens with zero attached hydrogens (tertiary/aromatic N) is 2. The van der Waals surface area contributed by atoms with Gasteiger partial charge in [-0.05, 0) is 30.8 Å². The van der Waals surface area contributed by atoms with E-state index in [1.807, 2.05) is 13.8 Å². The summed E-state index contributed by atoms with van der Waals surface area (Å²) >= 11 is 0. The van der Waals surface area contributed by atoms with Crippen LogP contribution in [0.5, 0.6) is 0 Å². The van der Waals surface area contributed by atoms with Crippen molar-refractivity contribution in [2.75, 3.05) is 32.7 Å². The molecule has 8 heteroatoms. The topological polar surface area (TPSA) is 52.7 Å². The van der Waals surface area contributed by atoms with E-state index in [1.165, 1.54) is 11.0 Å². The van der Waals surface area contributed by atoms with Gasteiger partial charge in [-0.15, -0.1) is 0 Å². The van der Waals surface area contributed by atoms with Crippen molar-refractivity contribution >= 4 is 11.8 Å². The number of carbonyl (C=O) groups is 2. The van der Waals surface area contributed by atoms with Gasteiger partial charge in [0, 0.05) is 32.6 Å². The van der Waals surface area contributed by atoms with Crippen molar-refractivity contribution in [1.82, 2.24) is 15.1 Å². The Labute approximate surface area is 157 Å². The van der Waals surface area contributed by atoms with E-state index >= 15 is 0 Å². The second-order valence-electron chi connectivity index (χ2n) is 6.69. The summed E-state index contributed by atoms with van der Waals surface area (Å²) in [7, 11) is 0. The van der Waals surface area contributed by atoms with E-state index in [0.717, 1.165) is 31.8 Å². The van der Waals surface area contributed by atoms with Gasteiger partial charge in [0.15, 0.2) is 0 Å². The fraction of sp³-hybridized carbons (Fsp3) is 0.579. The fourth-order valence-electron chi connectivity index (χ4n) is 3.19. The van der Waals surface area contributed by atoms with Crippen LogP contribution in [0, 0.1) is 5.92 Å². The smallest absolute Gasteiger partial charge is 0.355 e. The van der Waals surface area contributed by atoms with Crippen LogP contribution in [0.4, 0.5) is 13.2 Å². The zero-order chi connectivity index (χ0) is 20.0. The highest BCUT2D eigenvalue weighted by atomic mass is 19.4. The molecule has 1 saturated heterocycles. The number of nitrogens with one attached hydrogen (secondary N) is 1. The van der Waals surface area contributed by atoms with Crippen LogP contribution < -0.4 is 5.32 Å². The van der Waals surface area contributed by atoms with Gasteiger partial charge in [0.25, 0.3) is 0 Å². The van der Waals surface area contributed by atoms with Crippen molar-refractivity contribution < 1.29 is 22.8 Å². The highest BCUT2D eigenvalue weighted by Crippen LogP contribution is 2.30. The Bertz CT molecular complexity index is 660. The maximum atomic E-state index is 12.8. The fourth-order valence-corrected chi connectivity index (χ4v) is 3.19. The molecule has 1 aliphatic rings. The van der Waals surface area contributed by atoms with Gasteiger partial charge in [0.2, 0.25) is 11.8 Å². The van der Waals surface area contributed by atoms with Crippen molar-refractivity contribution in [3.05, 3.63) is 35.4 Å². The summed E-state index contributed by atoms with van der Waals surface area (Å²) in [6.07, 6.45) is -4.33. The molecule has 2 amide bonds. The highest BCUT2D eigenvalue weighted by Gasteiger charge is 2.35. The van der Waals surface area contributed by atoms with Crippen LogP contribution >= 0.6 is 0 Å². The second kappa shape index (κ2) is 9.21. The number of alkyl halides is 3. The minimum Gasteiger partial charge on any atom is -0.355 e. The molecule has 1 fully saturated rings. The molecule has 0 radical (unpaired) electrons. The summed E-state index contributed by atoms with van der Waals surface area (Å²) in [5.74, 6) is -0.849. The van der Waals surface area contributed by atoms with Gasteiger partial charge in [0.1, 0.15) is 0 Å². The molecule has 0 bridgehead atoms. The summed E-state index contributed by atoms with van der Waals surface area (Å²) in [4.78, 5) is 28.1. The Kier molecular flexibility index (Phi) is 7.24. The minimum atomic E-state index is -4.42. The average molecular weight is 385 g/mol. The summed E-state index contributed by atoms with van der Waals surface area (Å²) in [6, 6.07) is 4.93. The molecule has 27 heavy (non-hydrogen) atoms. The molecule has 0 saturated carbocycles. The molecule has 1 heterocycles.